The predicted octanol–water partition coefficient (Wildman–Crippen LogP) is 1.79. The zero-order valence-corrected chi connectivity index (χ0v) is 15.0. The molecule has 1 saturated carbocycles. The molecule has 0 spiro atoms. The van der Waals surface area contributed by atoms with Gasteiger partial charge in [-0.15, -0.1) is 0 Å². The molecule has 0 radical (unpaired) electrons. The minimum atomic E-state index is -0.0433. The predicted molar refractivity (Wildman–Crippen MR) is 94.8 cm³/mol. The Labute approximate surface area is 149 Å². The second-order valence-electron chi connectivity index (χ2n) is 7.21. The summed E-state index contributed by atoms with van der Waals surface area (Å²) in [6.45, 7) is 1.85. The van der Waals surface area contributed by atoms with Crippen molar-refractivity contribution >= 4 is 11.9 Å². The summed E-state index contributed by atoms with van der Waals surface area (Å²) in [5, 5.41) is 10.2. The van der Waals surface area contributed by atoms with Gasteiger partial charge in [-0.05, 0) is 31.7 Å². The Kier molecular flexibility index (Phi) is 5.94. The highest BCUT2D eigenvalue weighted by molar-refractivity contribution is 5.79. The largest absolute Gasteiger partial charge is 0.353 e. The number of carbonyl (C=O) groups is 2. The van der Waals surface area contributed by atoms with Gasteiger partial charge >= 0.3 is 6.03 Å². The molecular formula is C18H29N5O2. The lowest BCUT2D eigenvalue weighted by molar-refractivity contribution is -0.126. The van der Waals surface area contributed by atoms with Crippen LogP contribution in [0.3, 0.4) is 0 Å². The number of urea groups is 1. The van der Waals surface area contributed by atoms with Gasteiger partial charge in [0.25, 0.3) is 0 Å². The third kappa shape index (κ3) is 4.74. The Morgan fingerprint density at radius 2 is 1.88 bits per heavy atom. The Bertz CT molecular complexity index is 586. The zero-order chi connectivity index (χ0) is 17.6. The molecule has 2 N–H and O–H groups in total. The number of nitrogens with one attached hydrogen (secondary N) is 2. The highest BCUT2D eigenvalue weighted by Gasteiger charge is 2.27. The number of likely N-dealkylation sites (tertiary alicyclic amines) is 1. The molecule has 2 fully saturated rings. The molecule has 25 heavy (non-hydrogen) atoms. The monoisotopic (exact) mass is 347 g/mol. The molecule has 7 heteroatoms. The molecule has 3 amide bonds. The molecule has 1 aliphatic carbocycles. The Morgan fingerprint density at radius 1 is 1.16 bits per heavy atom. The number of nitrogens with zero attached hydrogens (tertiary/aromatic N) is 3. The van der Waals surface area contributed by atoms with Crippen molar-refractivity contribution in [3.63, 3.8) is 0 Å². The molecule has 1 aromatic heterocycles. The molecule has 1 aromatic rings. The number of amides is 3. The van der Waals surface area contributed by atoms with Crippen molar-refractivity contribution in [3.8, 4) is 0 Å². The van der Waals surface area contributed by atoms with Crippen LogP contribution in [-0.2, 0) is 18.4 Å². The van der Waals surface area contributed by atoms with Crippen molar-refractivity contribution in [3.05, 3.63) is 18.0 Å². The van der Waals surface area contributed by atoms with Gasteiger partial charge in [0.05, 0.1) is 12.2 Å². The highest BCUT2D eigenvalue weighted by Crippen LogP contribution is 2.24. The number of hydrogen-bond acceptors (Lipinski definition) is 3. The highest BCUT2D eigenvalue weighted by atomic mass is 16.2. The first-order chi connectivity index (χ1) is 12.1. The van der Waals surface area contributed by atoms with Crippen LogP contribution in [0.15, 0.2) is 12.3 Å². The summed E-state index contributed by atoms with van der Waals surface area (Å²) >= 11 is 0. The Morgan fingerprint density at radius 3 is 2.52 bits per heavy atom. The van der Waals surface area contributed by atoms with Crippen molar-refractivity contribution < 1.29 is 9.59 Å². The lowest BCUT2D eigenvalue weighted by atomic mass is 9.88. The fourth-order valence-corrected chi connectivity index (χ4v) is 3.76. The van der Waals surface area contributed by atoms with Gasteiger partial charge in [0.1, 0.15) is 0 Å². The van der Waals surface area contributed by atoms with Crippen LogP contribution in [0.25, 0.3) is 0 Å². The molecule has 0 atom stereocenters. The fourth-order valence-electron chi connectivity index (χ4n) is 3.76. The van der Waals surface area contributed by atoms with Crippen molar-refractivity contribution in [2.24, 2.45) is 13.0 Å². The second-order valence-corrected chi connectivity index (χ2v) is 7.21. The number of rotatable bonds is 4. The molecule has 2 heterocycles. The maximum absolute atomic E-state index is 12.3. The quantitative estimate of drug-likeness (QED) is 0.871. The Balaban J connectivity index is 1.38. The standard InChI is InChI=1S/C18H29N5O2/c1-22-16(7-10-20-22)13-19-18(25)23-11-8-15(9-12-23)21-17(24)14-5-3-2-4-6-14/h7,10,14-15H,2-6,8-9,11-13H2,1H3,(H,19,25)(H,21,24). The molecule has 0 aromatic carbocycles. The number of hydrogen-bond donors (Lipinski definition) is 2. The summed E-state index contributed by atoms with van der Waals surface area (Å²) in [5.74, 6) is 0.424. The van der Waals surface area contributed by atoms with Crippen LogP contribution in [0.2, 0.25) is 0 Å². The maximum atomic E-state index is 12.3. The molecule has 3 rings (SSSR count). The van der Waals surface area contributed by atoms with Crippen LogP contribution in [0.1, 0.15) is 50.6 Å². The average molecular weight is 347 g/mol. The topological polar surface area (TPSA) is 79.3 Å². The first-order valence-electron chi connectivity index (χ1n) is 9.43. The lowest BCUT2D eigenvalue weighted by Gasteiger charge is -2.33. The minimum absolute atomic E-state index is 0.0433. The fraction of sp³-hybridized carbons (Fsp3) is 0.722. The molecule has 1 aliphatic heterocycles. The third-order valence-electron chi connectivity index (χ3n) is 5.45. The molecule has 7 nitrogen and oxygen atoms in total. The van der Waals surface area contributed by atoms with Crippen molar-refractivity contribution in [1.29, 1.82) is 0 Å². The summed E-state index contributed by atoms with van der Waals surface area (Å²) in [5.41, 5.74) is 0.975. The van der Waals surface area contributed by atoms with E-state index in [2.05, 4.69) is 15.7 Å². The molecule has 2 aliphatic rings. The van der Waals surface area contributed by atoms with E-state index in [-0.39, 0.29) is 23.9 Å². The van der Waals surface area contributed by atoms with Crippen LogP contribution in [0, 0.1) is 5.92 Å². The Hall–Kier alpha value is -2.05. The van der Waals surface area contributed by atoms with Crippen LogP contribution in [-0.4, -0.2) is 45.8 Å². The first-order valence-corrected chi connectivity index (χ1v) is 9.43. The summed E-state index contributed by atoms with van der Waals surface area (Å²) < 4.78 is 1.76. The van der Waals surface area contributed by atoms with Gasteiger partial charge in [0.2, 0.25) is 5.91 Å². The smallest absolute Gasteiger partial charge is 0.317 e. The van der Waals surface area contributed by atoms with E-state index in [9.17, 15) is 9.59 Å². The SMILES string of the molecule is Cn1nccc1CNC(=O)N1CCC(NC(=O)C2CCCCC2)CC1. The molecule has 0 bridgehead atoms. The van der Waals surface area contributed by atoms with E-state index >= 15 is 0 Å². The maximum Gasteiger partial charge on any atom is 0.317 e. The summed E-state index contributed by atoms with van der Waals surface area (Å²) in [6, 6.07) is 2.06. The van der Waals surface area contributed by atoms with E-state index in [0.29, 0.717) is 19.6 Å². The van der Waals surface area contributed by atoms with Crippen molar-refractivity contribution in [1.82, 2.24) is 25.3 Å². The van der Waals surface area contributed by atoms with Gasteiger partial charge in [-0.2, -0.15) is 5.10 Å². The lowest BCUT2D eigenvalue weighted by Crippen LogP contribution is -2.50. The van der Waals surface area contributed by atoms with Gasteiger partial charge in [-0.1, -0.05) is 19.3 Å². The van der Waals surface area contributed by atoms with Gasteiger partial charge in [-0.3, -0.25) is 9.48 Å². The second kappa shape index (κ2) is 8.36. The van der Waals surface area contributed by atoms with Crippen molar-refractivity contribution in [2.45, 2.75) is 57.5 Å². The molecule has 1 saturated heterocycles. The average Bonchev–Trinajstić information content (AvgIpc) is 3.06. The van der Waals surface area contributed by atoms with Gasteiger partial charge in [-0.25, -0.2) is 4.79 Å². The van der Waals surface area contributed by atoms with Crippen LogP contribution in [0.5, 0.6) is 0 Å². The zero-order valence-electron chi connectivity index (χ0n) is 15.0. The number of carbonyl (C=O) groups excluding carboxylic acids is 2. The van der Waals surface area contributed by atoms with Crippen molar-refractivity contribution in [2.75, 3.05) is 13.1 Å². The summed E-state index contributed by atoms with van der Waals surface area (Å²) in [4.78, 5) is 26.4. The van der Waals surface area contributed by atoms with E-state index in [1.165, 1.54) is 19.3 Å². The molecule has 138 valence electrons. The molecule has 0 unspecified atom stereocenters. The van der Waals surface area contributed by atoms with E-state index in [1.807, 2.05) is 18.0 Å². The summed E-state index contributed by atoms with van der Waals surface area (Å²) in [7, 11) is 1.86. The first kappa shape index (κ1) is 17.8. The third-order valence-corrected chi connectivity index (χ3v) is 5.45. The normalized spacial score (nSPS) is 19.6. The van der Waals surface area contributed by atoms with Gasteiger partial charge in [0, 0.05) is 38.3 Å². The van der Waals surface area contributed by atoms with E-state index < -0.39 is 0 Å². The summed E-state index contributed by atoms with van der Waals surface area (Å²) in [6.07, 6.45) is 9.05. The van der Waals surface area contributed by atoms with Gasteiger partial charge < -0.3 is 15.5 Å². The number of aromatic nitrogens is 2. The van der Waals surface area contributed by atoms with Gasteiger partial charge in [0.15, 0.2) is 0 Å². The minimum Gasteiger partial charge on any atom is -0.353 e. The number of aryl methyl sites for hydroxylation is 1. The van der Waals surface area contributed by atoms with Crippen LogP contribution in [0.4, 0.5) is 4.79 Å². The van der Waals surface area contributed by atoms with E-state index in [0.717, 1.165) is 31.4 Å². The van der Waals surface area contributed by atoms with E-state index in [4.69, 9.17) is 0 Å². The number of piperidine rings is 1. The van der Waals surface area contributed by atoms with E-state index in [1.54, 1.807) is 10.9 Å². The molecular weight excluding hydrogens is 318 g/mol. The van der Waals surface area contributed by atoms with Crippen LogP contribution >= 0.6 is 0 Å². The van der Waals surface area contributed by atoms with Crippen LogP contribution < -0.4 is 10.6 Å².